The molecule has 2 heterocycles. The second-order valence-corrected chi connectivity index (χ2v) is 6.34. The highest BCUT2D eigenvalue weighted by molar-refractivity contribution is 6.31. The number of anilines is 1. The molecule has 1 N–H and O–H groups in total. The Hall–Kier alpha value is -2.01. The van der Waals surface area contributed by atoms with Crippen LogP contribution in [0, 0.1) is 0 Å². The highest BCUT2D eigenvalue weighted by Crippen LogP contribution is 2.30. The van der Waals surface area contributed by atoms with Crippen molar-refractivity contribution in [2.24, 2.45) is 7.05 Å². The average molecular weight is 333 g/mol. The van der Waals surface area contributed by atoms with Crippen LogP contribution in [0.2, 0.25) is 5.02 Å². The normalized spacial score (nSPS) is 17.5. The van der Waals surface area contributed by atoms with Crippen molar-refractivity contribution in [3.63, 3.8) is 0 Å². The molecule has 1 amide bonds. The summed E-state index contributed by atoms with van der Waals surface area (Å²) in [7, 11) is 1.91. The molecule has 1 aliphatic heterocycles. The molecular formula is C17H21ClN4O. The topological polar surface area (TPSA) is 50.2 Å². The lowest BCUT2D eigenvalue weighted by Crippen LogP contribution is -2.29. The molecule has 1 unspecified atom stereocenters. The molecule has 122 valence electrons. The molecule has 1 aromatic heterocycles. The van der Waals surface area contributed by atoms with Crippen LogP contribution in [-0.2, 0) is 7.05 Å². The van der Waals surface area contributed by atoms with Crippen LogP contribution in [-0.4, -0.2) is 40.2 Å². The van der Waals surface area contributed by atoms with E-state index in [-0.39, 0.29) is 5.91 Å². The van der Waals surface area contributed by atoms with Crippen molar-refractivity contribution < 1.29 is 4.79 Å². The van der Waals surface area contributed by atoms with Crippen molar-refractivity contribution in [3.8, 4) is 0 Å². The monoisotopic (exact) mass is 332 g/mol. The quantitative estimate of drug-likeness (QED) is 0.935. The molecule has 1 aromatic carbocycles. The van der Waals surface area contributed by atoms with Crippen molar-refractivity contribution in [1.29, 1.82) is 0 Å². The van der Waals surface area contributed by atoms with E-state index in [4.69, 9.17) is 11.6 Å². The number of nitrogens with one attached hydrogen (secondary N) is 1. The summed E-state index contributed by atoms with van der Waals surface area (Å²) < 4.78 is 1.81. The predicted molar refractivity (Wildman–Crippen MR) is 92.1 cm³/mol. The van der Waals surface area contributed by atoms with E-state index in [1.54, 1.807) is 16.8 Å². The van der Waals surface area contributed by atoms with Gasteiger partial charge in [0.25, 0.3) is 5.91 Å². The third kappa shape index (κ3) is 3.34. The minimum atomic E-state index is 0.0369. The summed E-state index contributed by atoms with van der Waals surface area (Å²) in [5.41, 5.74) is 2.68. The van der Waals surface area contributed by atoms with Crippen molar-refractivity contribution in [2.75, 3.05) is 25.0 Å². The summed E-state index contributed by atoms with van der Waals surface area (Å²) in [4.78, 5) is 14.8. The molecule has 6 heteroatoms. The average Bonchev–Trinajstić information content (AvgIpc) is 3.17. The number of benzene rings is 1. The SMILES string of the molecule is CCNc1ccc(Cl)cc1C(=O)N1CCC(c2cnn(C)c2)C1. The Morgan fingerprint density at radius 1 is 1.48 bits per heavy atom. The lowest BCUT2D eigenvalue weighted by molar-refractivity contribution is 0.0791. The van der Waals surface area contributed by atoms with E-state index < -0.39 is 0 Å². The van der Waals surface area contributed by atoms with Crippen molar-refractivity contribution in [1.82, 2.24) is 14.7 Å². The first-order valence-corrected chi connectivity index (χ1v) is 8.27. The first-order chi connectivity index (χ1) is 11.1. The zero-order valence-corrected chi connectivity index (χ0v) is 14.2. The summed E-state index contributed by atoms with van der Waals surface area (Å²) in [5, 5.41) is 8.04. The Bertz CT molecular complexity index is 712. The molecule has 2 aromatic rings. The van der Waals surface area contributed by atoms with Crippen LogP contribution in [0.25, 0.3) is 0 Å². The molecule has 0 aliphatic carbocycles. The van der Waals surface area contributed by atoms with Crippen LogP contribution in [0.15, 0.2) is 30.6 Å². The maximum Gasteiger partial charge on any atom is 0.256 e. The molecule has 1 atom stereocenters. The van der Waals surface area contributed by atoms with Gasteiger partial charge in [-0.3, -0.25) is 9.48 Å². The number of rotatable bonds is 4. The number of likely N-dealkylation sites (tertiary alicyclic amines) is 1. The van der Waals surface area contributed by atoms with Gasteiger partial charge in [-0.25, -0.2) is 0 Å². The van der Waals surface area contributed by atoms with Crippen molar-refractivity contribution in [2.45, 2.75) is 19.3 Å². The number of carbonyl (C=O) groups is 1. The summed E-state index contributed by atoms with van der Waals surface area (Å²) in [6.45, 7) is 4.26. The van der Waals surface area contributed by atoms with Crippen LogP contribution in [0.3, 0.4) is 0 Å². The summed E-state index contributed by atoms with van der Waals surface area (Å²) in [5.74, 6) is 0.393. The standard InChI is InChI=1S/C17H21ClN4O/c1-3-19-16-5-4-14(18)8-15(16)17(23)22-7-6-12(11-22)13-9-20-21(2)10-13/h4-5,8-10,12,19H,3,6-7,11H2,1-2H3. The van der Waals surface area contributed by atoms with Crippen molar-refractivity contribution >= 4 is 23.2 Å². The Morgan fingerprint density at radius 2 is 2.30 bits per heavy atom. The summed E-state index contributed by atoms with van der Waals surface area (Å²) in [6, 6.07) is 5.42. The van der Waals surface area contributed by atoms with Gasteiger partial charge in [-0.05, 0) is 37.1 Å². The fourth-order valence-electron chi connectivity index (χ4n) is 3.08. The van der Waals surface area contributed by atoms with Gasteiger partial charge in [0.05, 0.1) is 11.8 Å². The van der Waals surface area contributed by atoms with Gasteiger partial charge in [0, 0.05) is 49.5 Å². The fourth-order valence-corrected chi connectivity index (χ4v) is 3.25. The third-order valence-electron chi connectivity index (χ3n) is 4.25. The van der Waals surface area contributed by atoms with Gasteiger partial charge in [0.1, 0.15) is 0 Å². The zero-order valence-electron chi connectivity index (χ0n) is 13.4. The highest BCUT2D eigenvalue weighted by Gasteiger charge is 2.29. The van der Waals surface area contributed by atoms with E-state index in [1.807, 2.05) is 37.3 Å². The minimum Gasteiger partial charge on any atom is -0.385 e. The predicted octanol–water partition coefficient (Wildman–Crippen LogP) is 3.14. The molecule has 0 radical (unpaired) electrons. The second kappa shape index (κ2) is 6.62. The van der Waals surface area contributed by atoms with Crippen LogP contribution in [0.5, 0.6) is 0 Å². The highest BCUT2D eigenvalue weighted by atomic mass is 35.5. The number of amides is 1. The Morgan fingerprint density at radius 3 is 3.00 bits per heavy atom. The van der Waals surface area contributed by atoms with Crippen LogP contribution >= 0.6 is 11.6 Å². The van der Waals surface area contributed by atoms with Crippen LogP contribution in [0.4, 0.5) is 5.69 Å². The molecule has 5 nitrogen and oxygen atoms in total. The third-order valence-corrected chi connectivity index (χ3v) is 4.49. The number of hydrogen-bond acceptors (Lipinski definition) is 3. The summed E-state index contributed by atoms with van der Waals surface area (Å²) >= 11 is 6.09. The van der Waals surface area contributed by atoms with Crippen molar-refractivity contribution in [3.05, 3.63) is 46.7 Å². The molecule has 3 rings (SSSR count). The van der Waals surface area contributed by atoms with Gasteiger partial charge in [0.2, 0.25) is 0 Å². The van der Waals surface area contributed by atoms with Gasteiger partial charge in [-0.2, -0.15) is 5.10 Å². The zero-order chi connectivity index (χ0) is 16.4. The Labute approximate surface area is 141 Å². The summed E-state index contributed by atoms with van der Waals surface area (Å²) in [6.07, 6.45) is 4.89. The van der Waals surface area contributed by atoms with Gasteiger partial charge < -0.3 is 10.2 Å². The Kier molecular flexibility index (Phi) is 4.57. The maximum absolute atomic E-state index is 12.9. The number of hydrogen-bond donors (Lipinski definition) is 1. The molecule has 1 saturated heterocycles. The first-order valence-electron chi connectivity index (χ1n) is 7.89. The van der Waals surface area contributed by atoms with E-state index in [1.165, 1.54) is 5.56 Å². The molecule has 0 saturated carbocycles. The number of halogens is 1. The lowest BCUT2D eigenvalue weighted by atomic mass is 10.0. The number of aromatic nitrogens is 2. The van der Waals surface area contributed by atoms with E-state index in [9.17, 15) is 4.79 Å². The molecule has 23 heavy (non-hydrogen) atoms. The van der Waals surface area contributed by atoms with E-state index in [0.717, 1.165) is 31.7 Å². The lowest BCUT2D eigenvalue weighted by Gasteiger charge is -2.19. The van der Waals surface area contributed by atoms with E-state index in [0.29, 0.717) is 16.5 Å². The van der Waals surface area contributed by atoms with Crippen LogP contribution in [0.1, 0.15) is 35.2 Å². The first kappa shape index (κ1) is 15.9. The van der Waals surface area contributed by atoms with E-state index >= 15 is 0 Å². The number of nitrogens with zero attached hydrogens (tertiary/aromatic N) is 3. The molecule has 0 spiro atoms. The molecule has 1 fully saturated rings. The van der Waals surface area contributed by atoms with E-state index in [2.05, 4.69) is 10.4 Å². The molecular weight excluding hydrogens is 312 g/mol. The van der Waals surface area contributed by atoms with Crippen LogP contribution < -0.4 is 5.32 Å². The van der Waals surface area contributed by atoms with Gasteiger partial charge in [-0.15, -0.1) is 0 Å². The largest absolute Gasteiger partial charge is 0.385 e. The smallest absolute Gasteiger partial charge is 0.256 e. The number of aryl methyl sites for hydroxylation is 1. The van der Waals surface area contributed by atoms with Gasteiger partial charge >= 0.3 is 0 Å². The second-order valence-electron chi connectivity index (χ2n) is 5.90. The number of carbonyl (C=O) groups excluding carboxylic acids is 1. The van der Waals surface area contributed by atoms with Gasteiger partial charge in [0.15, 0.2) is 0 Å². The minimum absolute atomic E-state index is 0.0369. The Balaban J connectivity index is 1.78. The fraction of sp³-hybridized carbons (Fsp3) is 0.412. The maximum atomic E-state index is 12.9. The molecule has 0 bridgehead atoms. The molecule has 1 aliphatic rings. The van der Waals surface area contributed by atoms with Gasteiger partial charge in [-0.1, -0.05) is 11.6 Å².